The van der Waals surface area contributed by atoms with Crippen LogP contribution in [0.2, 0.25) is 0 Å². The van der Waals surface area contributed by atoms with Crippen LogP contribution >= 0.6 is 11.6 Å². The van der Waals surface area contributed by atoms with Gasteiger partial charge >= 0.3 is 0 Å². The van der Waals surface area contributed by atoms with Crippen LogP contribution in [-0.4, -0.2) is 23.2 Å². The minimum absolute atomic E-state index is 0.0987. The maximum absolute atomic E-state index is 11.8. The third-order valence-electron chi connectivity index (χ3n) is 2.22. The van der Waals surface area contributed by atoms with Gasteiger partial charge in [0.15, 0.2) is 0 Å². The molecular formula is C12H16ClNO2. The van der Waals surface area contributed by atoms with Crippen molar-refractivity contribution in [3.8, 4) is 0 Å². The lowest BCUT2D eigenvalue weighted by molar-refractivity contribution is 0.0869. The fourth-order valence-electron chi connectivity index (χ4n) is 1.16. The molecule has 0 spiro atoms. The number of carbonyl (C=O) groups excluding carboxylic acids is 1. The molecule has 4 heteroatoms. The zero-order valence-corrected chi connectivity index (χ0v) is 10.2. The van der Waals surface area contributed by atoms with Gasteiger partial charge in [-0.1, -0.05) is 12.1 Å². The number of alkyl halides is 1. The van der Waals surface area contributed by atoms with Gasteiger partial charge in [-0.25, -0.2) is 0 Å². The lowest BCUT2D eigenvalue weighted by Crippen LogP contribution is -2.46. The number of halogens is 1. The maximum atomic E-state index is 11.8. The Morgan fingerprint density at radius 2 is 1.94 bits per heavy atom. The van der Waals surface area contributed by atoms with Crippen molar-refractivity contribution in [2.75, 3.05) is 6.61 Å². The van der Waals surface area contributed by atoms with E-state index in [4.69, 9.17) is 16.7 Å². The fraction of sp³-hybridized carbons (Fsp3) is 0.417. The van der Waals surface area contributed by atoms with Crippen LogP contribution in [0.5, 0.6) is 0 Å². The number of hydrogen-bond donors (Lipinski definition) is 2. The number of aliphatic hydroxyl groups excluding tert-OH is 1. The number of aliphatic hydroxyl groups is 1. The smallest absolute Gasteiger partial charge is 0.251 e. The molecular weight excluding hydrogens is 226 g/mol. The van der Waals surface area contributed by atoms with E-state index in [9.17, 15) is 4.79 Å². The van der Waals surface area contributed by atoms with Crippen LogP contribution in [-0.2, 0) is 5.88 Å². The predicted octanol–water partition coefficient (Wildman–Crippen LogP) is 1.93. The molecule has 1 amide bonds. The van der Waals surface area contributed by atoms with E-state index in [2.05, 4.69) is 5.32 Å². The summed E-state index contributed by atoms with van der Waals surface area (Å²) in [5, 5.41) is 11.8. The fourth-order valence-corrected chi connectivity index (χ4v) is 1.34. The van der Waals surface area contributed by atoms with E-state index >= 15 is 0 Å². The first-order valence-electron chi connectivity index (χ1n) is 5.07. The molecule has 1 rings (SSSR count). The Balaban J connectivity index is 2.73. The molecule has 3 nitrogen and oxygen atoms in total. The van der Waals surface area contributed by atoms with Crippen LogP contribution in [0.25, 0.3) is 0 Å². The lowest BCUT2D eigenvalue weighted by atomic mass is 10.1. The molecule has 88 valence electrons. The second kappa shape index (κ2) is 5.32. The van der Waals surface area contributed by atoms with Crippen LogP contribution in [0.3, 0.4) is 0 Å². The molecule has 1 aromatic rings. The minimum atomic E-state index is -0.609. The number of hydrogen-bond acceptors (Lipinski definition) is 2. The van der Waals surface area contributed by atoms with E-state index in [-0.39, 0.29) is 12.5 Å². The summed E-state index contributed by atoms with van der Waals surface area (Å²) in [5.74, 6) is 0.240. The van der Waals surface area contributed by atoms with Crippen molar-refractivity contribution in [1.29, 1.82) is 0 Å². The van der Waals surface area contributed by atoms with Gasteiger partial charge in [0.25, 0.3) is 5.91 Å². The van der Waals surface area contributed by atoms with Crippen molar-refractivity contribution in [1.82, 2.24) is 5.32 Å². The number of amides is 1. The third kappa shape index (κ3) is 3.51. The number of rotatable bonds is 4. The molecule has 0 heterocycles. The van der Waals surface area contributed by atoms with Crippen molar-refractivity contribution in [3.05, 3.63) is 35.4 Å². The predicted molar refractivity (Wildman–Crippen MR) is 64.6 cm³/mol. The summed E-state index contributed by atoms with van der Waals surface area (Å²) in [6.45, 7) is 3.43. The molecule has 2 N–H and O–H groups in total. The van der Waals surface area contributed by atoms with Gasteiger partial charge in [0.2, 0.25) is 0 Å². The van der Waals surface area contributed by atoms with E-state index in [0.717, 1.165) is 5.56 Å². The highest BCUT2D eigenvalue weighted by Crippen LogP contribution is 2.08. The van der Waals surface area contributed by atoms with Crippen LogP contribution < -0.4 is 5.32 Å². The van der Waals surface area contributed by atoms with Crippen LogP contribution in [0, 0.1) is 0 Å². The zero-order valence-electron chi connectivity index (χ0n) is 9.46. The highest BCUT2D eigenvalue weighted by Gasteiger charge is 2.19. The van der Waals surface area contributed by atoms with Crippen LogP contribution in [0.4, 0.5) is 0 Å². The minimum Gasteiger partial charge on any atom is -0.394 e. The molecule has 0 aromatic heterocycles. The average Bonchev–Trinajstić information content (AvgIpc) is 2.28. The molecule has 0 radical (unpaired) electrons. The number of benzene rings is 1. The van der Waals surface area contributed by atoms with Crippen molar-refractivity contribution < 1.29 is 9.90 Å². The zero-order chi connectivity index (χ0) is 12.2. The van der Waals surface area contributed by atoms with Crippen LogP contribution in [0.1, 0.15) is 29.8 Å². The van der Waals surface area contributed by atoms with Crippen LogP contribution in [0.15, 0.2) is 24.3 Å². The molecule has 0 aliphatic rings. The van der Waals surface area contributed by atoms with Gasteiger partial charge in [-0.2, -0.15) is 0 Å². The Labute approximate surface area is 100 Å². The third-order valence-corrected chi connectivity index (χ3v) is 2.53. The van der Waals surface area contributed by atoms with Crippen molar-refractivity contribution >= 4 is 17.5 Å². The number of nitrogens with one attached hydrogen (secondary N) is 1. The molecule has 0 unspecified atom stereocenters. The normalized spacial score (nSPS) is 11.2. The van der Waals surface area contributed by atoms with E-state index in [1.165, 1.54) is 0 Å². The first-order valence-corrected chi connectivity index (χ1v) is 5.60. The van der Waals surface area contributed by atoms with Crippen molar-refractivity contribution in [3.63, 3.8) is 0 Å². The van der Waals surface area contributed by atoms with Crippen molar-refractivity contribution in [2.45, 2.75) is 25.3 Å². The molecule has 16 heavy (non-hydrogen) atoms. The Hall–Kier alpha value is -1.06. The maximum Gasteiger partial charge on any atom is 0.251 e. The van der Waals surface area contributed by atoms with Gasteiger partial charge in [-0.3, -0.25) is 4.79 Å². The van der Waals surface area contributed by atoms with Gasteiger partial charge in [0, 0.05) is 11.4 Å². The highest BCUT2D eigenvalue weighted by molar-refractivity contribution is 6.17. The quantitative estimate of drug-likeness (QED) is 0.792. The molecule has 0 saturated heterocycles. The topological polar surface area (TPSA) is 49.3 Å². The Morgan fingerprint density at radius 1 is 1.38 bits per heavy atom. The largest absolute Gasteiger partial charge is 0.394 e. The lowest BCUT2D eigenvalue weighted by Gasteiger charge is -2.23. The van der Waals surface area contributed by atoms with Crippen molar-refractivity contribution in [2.24, 2.45) is 0 Å². The summed E-state index contributed by atoms with van der Waals surface area (Å²) in [6.07, 6.45) is 0. The number of carbonyl (C=O) groups is 1. The summed E-state index contributed by atoms with van der Waals surface area (Å²) >= 11 is 5.65. The summed E-state index contributed by atoms with van der Waals surface area (Å²) in [7, 11) is 0. The van der Waals surface area contributed by atoms with E-state index in [0.29, 0.717) is 11.4 Å². The van der Waals surface area contributed by atoms with E-state index in [1.807, 2.05) is 12.1 Å². The molecule has 0 saturated carbocycles. The molecule has 1 aromatic carbocycles. The second-order valence-electron chi connectivity index (χ2n) is 4.33. The first-order chi connectivity index (χ1) is 7.48. The van der Waals surface area contributed by atoms with Gasteiger partial charge in [0.1, 0.15) is 0 Å². The average molecular weight is 242 g/mol. The van der Waals surface area contributed by atoms with Gasteiger partial charge in [0.05, 0.1) is 12.1 Å². The highest BCUT2D eigenvalue weighted by atomic mass is 35.5. The molecule has 0 fully saturated rings. The Morgan fingerprint density at radius 3 is 2.38 bits per heavy atom. The Bertz CT molecular complexity index is 360. The van der Waals surface area contributed by atoms with Gasteiger partial charge in [-0.05, 0) is 31.5 Å². The Kier molecular flexibility index (Phi) is 4.33. The monoisotopic (exact) mass is 241 g/mol. The first kappa shape index (κ1) is 13.0. The molecule has 0 bridgehead atoms. The van der Waals surface area contributed by atoms with E-state index in [1.54, 1.807) is 26.0 Å². The summed E-state index contributed by atoms with van der Waals surface area (Å²) in [4.78, 5) is 11.8. The standard InChI is InChI=1S/C12H16ClNO2/c1-12(2,8-15)14-11(16)10-5-3-9(7-13)4-6-10/h3-6,15H,7-8H2,1-2H3,(H,14,16). The second-order valence-corrected chi connectivity index (χ2v) is 4.59. The van der Waals surface area contributed by atoms with E-state index < -0.39 is 5.54 Å². The SMILES string of the molecule is CC(C)(CO)NC(=O)c1ccc(CCl)cc1. The van der Waals surface area contributed by atoms with Gasteiger partial charge < -0.3 is 10.4 Å². The molecule has 0 aliphatic carbocycles. The van der Waals surface area contributed by atoms with Gasteiger partial charge in [-0.15, -0.1) is 11.6 Å². The summed E-state index contributed by atoms with van der Waals surface area (Å²) in [5.41, 5.74) is 0.928. The summed E-state index contributed by atoms with van der Waals surface area (Å²) in [6, 6.07) is 7.07. The summed E-state index contributed by atoms with van der Waals surface area (Å²) < 4.78 is 0. The molecule has 0 atom stereocenters. The molecule has 0 aliphatic heterocycles.